The smallest absolute Gasteiger partial charge is 0.223 e. The number of methoxy groups -OCH3 is 1. The first-order chi connectivity index (χ1) is 8.17. The average Bonchev–Trinajstić information content (AvgIpc) is 2.30. The third-order valence-electron chi connectivity index (χ3n) is 3.49. The molecule has 100 valence electrons. The Kier molecular flexibility index (Phi) is 6.52. The van der Waals surface area contributed by atoms with Crippen molar-refractivity contribution in [3.05, 3.63) is 0 Å². The molecule has 0 heterocycles. The second-order valence-electron chi connectivity index (χ2n) is 5.06. The Balaban J connectivity index is 2.35. The van der Waals surface area contributed by atoms with Gasteiger partial charge in [-0.05, 0) is 32.1 Å². The highest BCUT2D eigenvalue weighted by Crippen LogP contribution is 2.23. The van der Waals surface area contributed by atoms with E-state index in [1.165, 1.54) is 0 Å². The Morgan fingerprint density at radius 3 is 2.59 bits per heavy atom. The van der Waals surface area contributed by atoms with Crippen molar-refractivity contribution in [3.8, 4) is 0 Å². The molecule has 1 aliphatic carbocycles. The fraction of sp³-hybridized carbons (Fsp3) is 0.923. The van der Waals surface area contributed by atoms with E-state index < -0.39 is 0 Å². The van der Waals surface area contributed by atoms with Gasteiger partial charge in [-0.15, -0.1) is 0 Å². The van der Waals surface area contributed by atoms with Gasteiger partial charge >= 0.3 is 0 Å². The van der Waals surface area contributed by atoms with Gasteiger partial charge in [0.15, 0.2) is 0 Å². The highest BCUT2D eigenvalue weighted by atomic mass is 16.5. The van der Waals surface area contributed by atoms with E-state index in [2.05, 4.69) is 12.2 Å². The number of rotatable bonds is 6. The zero-order chi connectivity index (χ0) is 12.7. The van der Waals surface area contributed by atoms with Gasteiger partial charge in [0.25, 0.3) is 0 Å². The molecule has 0 aromatic heterocycles. The quantitative estimate of drug-likeness (QED) is 0.740. The number of nitrogens with two attached hydrogens (primary N) is 1. The maximum Gasteiger partial charge on any atom is 0.223 e. The van der Waals surface area contributed by atoms with Gasteiger partial charge in [0.1, 0.15) is 0 Å². The van der Waals surface area contributed by atoms with Gasteiger partial charge in [0.05, 0.1) is 12.6 Å². The molecule has 4 heteroatoms. The van der Waals surface area contributed by atoms with Crippen LogP contribution in [0.25, 0.3) is 0 Å². The Labute approximate surface area is 104 Å². The molecule has 1 saturated carbocycles. The molecule has 4 nitrogen and oxygen atoms in total. The largest absolute Gasteiger partial charge is 0.383 e. The van der Waals surface area contributed by atoms with Crippen LogP contribution in [0.2, 0.25) is 0 Å². The third-order valence-corrected chi connectivity index (χ3v) is 3.49. The molecule has 1 unspecified atom stereocenters. The van der Waals surface area contributed by atoms with Gasteiger partial charge in [0.2, 0.25) is 5.91 Å². The summed E-state index contributed by atoms with van der Waals surface area (Å²) in [4.78, 5) is 12.1. The minimum absolute atomic E-state index is 0.158. The average molecular weight is 242 g/mol. The zero-order valence-electron chi connectivity index (χ0n) is 11.1. The van der Waals surface area contributed by atoms with Crippen molar-refractivity contribution >= 4 is 5.91 Å². The Morgan fingerprint density at radius 1 is 1.41 bits per heavy atom. The molecule has 1 rings (SSSR count). The highest BCUT2D eigenvalue weighted by molar-refractivity contribution is 5.79. The molecule has 0 radical (unpaired) electrons. The number of amides is 1. The zero-order valence-corrected chi connectivity index (χ0v) is 11.1. The first-order valence-electron chi connectivity index (χ1n) is 6.72. The maximum atomic E-state index is 12.1. The van der Waals surface area contributed by atoms with E-state index in [-0.39, 0.29) is 17.9 Å². The van der Waals surface area contributed by atoms with Crippen LogP contribution in [0.4, 0.5) is 0 Å². The molecule has 0 saturated heterocycles. The normalized spacial score (nSPS) is 26.5. The molecule has 1 atom stereocenters. The fourth-order valence-electron chi connectivity index (χ4n) is 2.45. The Hall–Kier alpha value is -0.610. The van der Waals surface area contributed by atoms with Crippen LogP contribution in [-0.4, -0.2) is 31.7 Å². The lowest BCUT2D eigenvalue weighted by atomic mass is 9.86. The molecule has 0 spiro atoms. The van der Waals surface area contributed by atoms with Crippen molar-refractivity contribution in [2.45, 2.75) is 57.5 Å². The van der Waals surface area contributed by atoms with E-state index in [1.54, 1.807) is 7.11 Å². The van der Waals surface area contributed by atoms with Crippen molar-refractivity contribution in [1.29, 1.82) is 0 Å². The Bertz CT molecular complexity index is 219. The van der Waals surface area contributed by atoms with Crippen LogP contribution in [0.3, 0.4) is 0 Å². The second-order valence-corrected chi connectivity index (χ2v) is 5.06. The summed E-state index contributed by atoms with van der Waals surface area (Å²) in [5.74, 6) is 0.346. The lowest BCUT2D eigenvalue weighted by molar-refractivity contribution is -0.127. The summed E-state index contributed by atoms with van der Waals surface area (Å²) in [5.41, 5.74) is 5.84. The van der Waals surface area contributed by atoms with Gasteiger partial charge < -0.3 is 15.8 Å². The van der Waals surface area contributed by atoms with Crippen LogP contribution in [0, 0.1) is 5.92 Å². The van der Waals surface area contributed by atoms with E-state index >= 15 is 0 Å². The topological polar surface area (TPSA) is 64.3 Å². The van der Waals surface area contributed by atoms with Crippen molar-refractivity contribution in [3.63, 3.8) is 0 Å². The number of hydrogen-bond donors (Lipinski definition) is 2. The van der Waals surface area contributed by atoms with Crippen molar-refractivity contribution in [2.24, 2.45) is 11.7 Å². The van der Waals surface area contributed by atoms with Crippen molar-refractivity contribution in [1.82, 2.24) is 5.32 Å². The highest BCUT2D eigenvalue weighted by Gasteiger charge is 2.25. The SMILES string of the molecule is CCCC(COC)NC(=O)C1CCC(N)CC1. The molecule has 1 fully saturated rings. The van der Waals surface area contributed by atoms with Gasteiger partial charge in [-0.2, -0.15) is 0 Å². The van der Waals surface area contributed by atoms with Gasteiger partial charge in [0, 0.05) is 19.1 Å². The van der Waals surface area contributed by atoms with E-state index in [0.29, 0.717) is 12.6 Å². The molecule has 3 N–H and O–H groups in total. The molecule has 0 aliphatic heterocycles. The molecular weight excluding hydrogens is 216 g/mol. The summed E-state index contributed by atoms with van der Waals surface area (Å²) in [6.45, 7) is 2.72. The third kappa shape index (κ3) is 5.04. The Morgan fingerprint density at radius 2 is 2.06 bits per heavy atom. The van der Waals surface area contributed by atoms with Crippen LogP contribution in [0.15, 0.2) is 0 Å². The van der Waals surface area contributed by atoms with Gasteiger partial charge in [-0.3, -0.25) is 4.79 Å². The van der Waals surface area contributed by atoms with E-state index in [0.717, 1.165) is 38.5 Å². The van der Waals surface area contributed by atoms with Crippen LogP contribution in [-0.2, 0) is 9.53 Å². The van der Waals surface area contributed by atoms with Crippen molar-refractivity contribution in [2.75, 3.05) is 13.7 Å². The first-order valence-corrected chi connectivity index (χ1v) is 6.72. The number of nitrogens with one attached hydrogen (secondary N) is 1. The number of carbonyl (C=O) groups is 1. The first kappa shape index (κ1) is 14.5. The molecule has 1 aliphatic rings. The molecule has 0 bridgehead atoms. The predicted molar refractivity (Wildman–Crippen MR) is 68.6 cm³/mol. The summed E-state index contributed by atoms with van der Waals surface area (Å²) < 4.78 is 5.13. The van der Waals surface area contributed by atoms with Crippen LogP contribution < -0.4 is 11.1 Å². The van der Waals surface area contributed by atoms with Gasteiger partial charge in [-0.25, -0.2) is 0 Å². The summed E-state index contributed by atoms with van der Waals surface area (Å²) in [6.07, 6.45) is 5.84. The minimum Gasteiger partial charge on any atom is -0.383 e. The number of hydrogen-bond acceptors (Lipinski definition) is 3. The lowest BCUT2D eigenvalue weighted by Gasteiger charge is -2.27. The predicted octanol–water partition coefficient (Wildman–Crippen LogP) is 1.44. The monoisotopic (exact) mass is 242 g/mol. The van der Waals surface area contributed by atoms with Gasteiger partial charge in [-0.1, -0.05) is 13.3 Å². The maximum absolute atomic E-state index is 12.1. The van der Waals surface area contributed by atoms with Crippen LogP contribution in [0.5, 0.6) is 0 Å². The van der Waals surface area contributed by atoms with Crippen molar-refractivity contribution < 1.29 is 9.53 Å². The summed E-state index contributed by atoms with van der Waals surface area (Å²) >= 11 is 0. The molecule has 0 aromatic rings. The number of carbonyl (C=O) groups excluding carboxylic acids is 1. The molecule has 17 heavy (non-hydrogen) atoms. The number of ether oxygens (including phenoxy) is 1. The van der Waals surface area contributed by atoms with E-state index in [4.69, 9.17) is 10.5 Å². The van der Waals surface area contributed by atoms with E-state index in [1.807, 2.05) is 0 Å². The minimum atomic E-state index is 0.158. The van der Waals surface area contributed by atoms with E-state index in [9.17, 15) is 4.79 Å². The summed E-state index contributed by atoms with van der Waals surface area (Å²) in [5, 5.41) is 3.10. The summed E-state index contributed by atoms with van der Waals surface area (Å²) in [7, 11) is 1.68. The standard InChI is InChI=1S/C13H26N2O2/c1-3-4-12(9-17-2)15-13(16)10-5-7-11(14)8-6-10/h10-12H,3-9,14H2,1-2H3,(H,15,16). The summed E-state index contributed by atoms with van der Waals surface area (Å²) in [6, 6.07) is 0.456. The van der Waals surface area contributed by atoms with Crippen LogP contribution in [0.1, 0.15) is 45.4 Å². The van der Waals surface area contributed by atoms with Crippen LogP contribution >= 0.6 is 0 Å². The fourth-order valence-corrected chi connectivity index (χ4v) is 2.45. The molecular formula is C13H26N2O2. The lowest BCUT2D eigenvalue weighted by Crippen LogP contribution is -2.43. The molecule has 1 amide bonds. The molecule has 0 aromatic carbocycles. The second kappa shape index (κ2) is 7.67.